The highest BCUT2D eigenvalue weighted by Crippen LogP contribution is 2.22. The zero-order chi connectivity index (χ0) is 38.6. The summed E-state index contributed by atoms with van der Waals surface area (Å²) < 4.78 is 15.0. The standard InChI is InChI=1S/C16H18N6O2.C10H16N2Si.C9H10N4O2/c1-5-24-16(23)12-6-15(10(2)17-7-12)22-9-14(19-20-22)13-8-18-21(4)11(13)3;1-9-10(8-11-12(9)2)6-7-13(3,4)5;1-3-15-9(14)7-4-8(12-13-10)6(2)11-5-7/h6-9H,5H2,1-4H3;8H,1-5H3;4-5H,3H2,1-2H3. The molecule has 0 aromatic carbocycles. The van der Waals surface area contributed by atoms with E-state index in [0.29, 0.717) is 41.5 Å². The van der Waals surface area contributed by atoms with Crippen LogP contribution in [0, 0.1) is 39.2 Å². The van der Waals surface area contributed by atoms with Gasteiger partial charge in [0, 0.05) is 48.4 Å². The summed E-state index contributed by atoms with van der Waals surface area (Å²) in [6.45, 7) is 18.4. The molecule has 0 atom stereocenters. The van der Waals surface area contributed by atoms with Crippen LogP contribution in [0.25, 0.3) is 27.4 Å². The van der Waals surface area contributed by atoms with Gasteiger partial charge in [-0.15, -0.1) is 10.6 Å². The molecule has 0 aliphatic heterocycles. The molecule has 0 saturated carbocycles. The maximum atomic E-state index is 11.9. The van der Waals surface area contributed by atoms with Crippen molar-refractivity contribution in [1.82, 2.24) is 44.5 Å². The smallest absolute Gasteiger partial charge is 0.339 e. The molecule has 5 heterocycles. The quantitative estimate of drug-likeness (QED) is 0.0458. The van der Waals surface area contributed by atoms with E-state index < -0.39 is 20.0 Å². The Morgan fingerprint density at radius 3 is 1.96 bits per heavy atom. The van der Waals surface area contributed by atoms with Crippen LogP contribution in [0.15, 0.2) is 48.2 Å². The highest BCUT2D eigenvalue weighted by Gasteiger charge is 2.15. The Morgan fingerprint density at radius 1 is 0.865 bits per heavy atom. The Kier molecular flexibility index (Phi) is 14.1. The number of azide groups is 1. The second-order valence-corrected chi connectivity index (χ2v) is 17.1. The van der Waals surface area contributed by atoms with Crippen LogP contribution in [0.5, 0.6) is 0 Å². The molecule has 272 valence electrons. The molecule has 52 heavy (non-hydrogen) atoms. The van der Waals surface area contributed by atoms with Gasteiger partial charge >= 0.3 is 11.9 Å². The first kappa shape index (κ1) is 40.3. The Labute approximate surface area is 303 Å². The normalized spacial score (nSPS) is 10.4. The molecule has 0 aliphatic carbocycles. The molecule has 0 spiro atoms. The van der Waals surface area contributed by atoms with Crippen molar-refractivity contribution in [3.8, 4) is 28.4 Å². The number of pyridine rings is 2. The van der Waals surface area contributed by atoms with Crippen LogP contribution in [0.2, 0.25) is 19.6 Å². The molecule has 0 saturated heterocycles. The van der Waals surface area contributed by atoms with Gasteiger partial charge in [0.15, 0.2) is 0 Å². The number of ether oxygens (including phenoxy) is 2. The summed E-state index contributed by atoms with van der Waals surface area (Å²) in [6.07, 6.45) is 8.28. The Hall–Kier alpha value is -6.11. The molecular formula is C35H44N12O4Si. The van der Waals surface area contributed by atoms with E-state index in [1.165, 1.54) is 18.5 Å². The van der Waals surface area contributed by atoms with Gasteiger partial charge in [0.2, 0.25) is 0 Å². The maximum Gasteiger partial charge on any atom is 0.339 e. The average molecular weight is 725 g/mol. The van der Waals surface area contributed by atoms with Crippen LogP contribution in [-0.2, 0) is 23.6 Å². The van der Waals surface area contributed by atoms with Crippen LogP contribution < -0.4 is 0 Å². The number of carbonyl (C=O) groups excluding carboxylic acids is 2. The summed E-state index contributed by atoms with van der Waals surface area (Å²) in [6, 6.07) is 3.16. The van der Waals surface area contributed by atoms with Crippen molar-refractivity contribution in [1.29, 1.82) is 0 Å². The maximum absolute atomic E-state index is 11.9. The number of carbonyl (C=O) groups is 2. The van der Waals surface area contributed by atoms with Gasteiger partial charge in [0.1, 0.15) is 13.8 Å². The lowest BCUT2D eigenvalue weighted by Gasteiger charge is -2.07. The van der Waals surface area contributed by atoms with E-state index in [9.17, 15) is 9.59 Å². The molecule has 0 N–H and O–H groups in total. The van der Waals surface area contributed by atoms with Crippen LogP contribution in [0.1, 0.15) is 62.9 Å². The van der Waals surface area contributed by atoms with E-state index >= 15 is 0 Å². The van der Waals surface area contributed by atoms with E-state index in [4.69, 9.17) is 15.0 Å². The molecule has 0 aliphatic rings. The predicted octanol–water partition coefficient (Wildman–Crippen LogP) is 6.32. The molecule has 0 radical (unpaired) electrons. The first-order valence-electron chi connectivity index (χ1n) is 16.4. The molecule has 17 heteroatoms. The molecule has 0 unspecified atom stereocenters. The highest BCUT2D eigenvalue weighted by molar-refractivity contribution is 6.83. The van der Waals surface area contributed by atoms with Crippen molar-refractivity contribution in [3.05, 3.63) is 93.0 Å². The third-order valence-corrected chi connectivity index (χ3v) is 8.23. The number of rotatable bonds is 7. The van der Waals surface area contributed by atoms with E-state index in [-0.39, 0.29) is 5.56 Å². The summed E-state index contributed by atoms with van der Waals surface area (Å²) in [5, 5.41) is 20.1. The molecule has 16 nitrogen and oxygen atoms in total. The average Bonchev–Trinajstić information content (AvgIpc) is 3.80. The van der Waals surface area contributed by atoms with Crippen LogP contribution in [-0.4, -0.2) is 77.7 Å². The lowest BCUT2D eigenvalue weighted by Crippen LogP contribution is -2.16. The van der Waals surface area contributed by atoms with Crippen LogP contribution in [0.3, 0.4) is 0 Å². The molecule has 0 fully saturated rings. The summed E-state index contributed by atoms with van der Waals surface area (Å²) in [4.78, 5) is 34.0. The number of aryl methyl sites for hydroxylation is 4. The van der Waals surface area contributed by atoms with Gasteiger partial charge in [0.25, 0.3) is 0 Å². The minimum atomic E-state index is -1.25. The predicted molar refractivity (Wildman–Crippen MR) is 199 cm³/mol. The lowest BCUT2D eigenvalue weighted by molar-refractivity contribution is 0.0516. The fourth-order valence-corrected chi connectivity index (χ4v) is 4.72. The van der Waals surface area contributed by atoms with Gasteiger partial charge in [0.05, 0.1) is 71.3 Å². The number of hydrogen-bond donors (Lipinski definition) is 0. The monoisotopic (exact) mass is 724 g/mol. The zero-order valence-corrected chi connectivity index (χ0v) is 32.5. The second-order valence-electron chi connectivity index (χ2n) is 12.4. The fraction of sp³-hybridized carbons (Fsp3) is 0.371. The third kappa shape index (κ3) is 10.9. The van der Waals surface area contributed by atoms with Crippen LogP contribution in [0.4, 0.5) is 5.69 Å². The van der Waals surface area contributed by atoms with Crippen LogP contribution >= 0.6 is 0 Å². The van der Waals surface area contributed by atoms with Crippen molar-refractivity contribution >= 4 is 25.7 Å². The van der Waals surface area contributed by atoms with E-state index in [1.54, 1.807) is 48.6 Å². The SMILES string of the molecule is CCOC(=O)c1cnc(C)c(-n2cc(-c3cnn(C)c3C)nn2)c1.CCOC(=O)c1cnc(C)c(N=[N+]=[N-])c1.Cc1c(C#C[Si](C)(C)C)cnn1C. The van der Waals surface area contributed by atoms with Gasteiger partial charge in [-0.05, 0) is 59.2 Å². The van der Waals surface area contributed by atoms with Crippen molar-refractivity contribution < 1.29 is 19.1 Å². The summed E-state index contributed by atoms with van der Waals surface area (Å²) in [5.41, 5.74) is 19.4. The Balaban J connectivity index is 0.000000225. The molecule has 5 aromatic heterocycles. The molecular weight excluding hydrogens is 681 g/mol. The minimum absolute atomic E-state index is 0.282. The first-order valence-corrected chi connectivity index (χ1v) is 19.9. The lowest BCUT2D eigenvalue weighted by atomic mass is 10.2. The van der Waals surface area contributed by atoms with Crippen molar-refractivity contribution in [3.63, 3.8) is 0 Å². The van der Waals surface area contributed by atoms with E-state index in [2.05, 4.69) is 71.6 Å². The van der Waals surface area contributed by atoms with Crippen molar-refractivity contribution in [2.45, 2.75) is 61.2 Å². The highest BCUT2D eigenvalue weighted by atomic mass is 28.3. The molecule has 5 rings (SSSR count). The molecule has 5 aromatic rings. The number of nitrogens with zero attached hydrogens (tertiary/aromatic N) is 12. The summed E-state index contributed by atoms with van der Waals surface area (Å²) in [5.74, 6) is 2.32. The minimum Gasteiger partial charge on any atom is -0.462 e. The molecule has 0 bridgehead atoms. The Morgan fingerprint density at radius 2 is 1.44 bits per heavy atom. The van der Waals surface area contributed by atoms with Gasteiger partial charge in [-0.2, -0.15) is 10.2 Å². The Bertz CT molecular complexity index is 2140. The second kappa shape index (κ2) is 18.2. The first-order chi connectivity index (χ1) is 24.6. The van der Waals surface area contributed by atoms with Gasteiger partial charge in [-0.25, -0.2) is 14.3 Å². The summed E-state index contributed by atoms with van der Waals surface area (Å²) >= 11 is 0. The summed E-state index contributed by atoms with van der Waals surface area (Å²) in [7, 11) is 2.56. The number of esters is 2. The van der Waals surface area contributed by atoms with E-state index in [0.717, 1.165) is 28.2 Å². The van der Waals surface area contributed by atoms with Gasteiger partial charge < -0.3 is 9.47 Å². The molecule has 0 amide bonds. The van der Waals surface area contributed by atoms with Crippen molar-refractivity contribution in [2.24, 2.45) is 19.2 Å². The zero-order valence-electron chi connectivity index (χ0n) is 31.5. The van der Waals surface area contributed by atoms with E-state index in [1.807, 2.05) is 45.7 Å². The largest absolute Gasteiger partial charge is 0.462 e. The number of hydrogen-bond acceptors (Lipinski definition) is 11. The van der Waals surface area contributed by atoms with Gasteiger partial charge in [-0.1, -0.05) is 35.9 Å². The third-order valence-electron chi connectivity index (χ3n) is 7.35. The van der Waals surface area contributed by atoms with Gasteiger partial charge in [-0.3, -0.25) is 19.3 Å². The topological polar surface area (TPSA) is 193 Å². The van der Waals surface area contributed by atoms with Crippen molar-refractivity contribution in [2.75, 3.05) is 13.2 Å². The fourth-order valence-electron chi connectivity index (χ4n) is 4.21. The number of aromatic nitrogens is 9.